The van der Waals surface area contributed by atoms with Gasteiger partial charge in [-0.25, -0.2) is 8.78 Å². The highest BCUT2D eigenvalue weighted by atomic mass is 35.5. The molecular weight excluding hydrogens is 262 g/mol. The van der Waals surface area contributed by atoms with E-state index in [2.05, 4.69) is 10.6 Å². The highest BCUT2D eigenvalue weighted by Crippen LogP contribution is 2.11. The Bertz CT molecular complexity index is 392. The van der Waals surface area contributed by atoms with Gasteiger partial charge in [-0.2, -0.15) is 0 Å². The fraction of sp³-hybridized carbons (Fsp3) is 0.500. The SMILES string of the molecule is Cl.OC1CNCC1CNCc1cc(F)ccc1F. The van der Waals surface area contributed by atoms with Gasteiger partial charge in [0.1, 0.15) is 11.6 Å². The highest BCUT2D eigenvalue weighted by molar-refractivity contribution is 5.85. The van der Waals surface area contributed by atoms with Gasteiger partial charge < -0.3 is 15.7 Å². The van der Waals surface area contributed by atoms with Crippen LogP contribution in [0.15, 0.2) is 18.2 Å². The fourth-order valence-corrected chi connectivity index (χ4v) is 2.00. The molecule has 1 aromatic rings. The van der Waals surface area contributed by atoms with Crippen molar-refractivity contribution in [3.05, 3.63) is 35.4 Å². The Kier molecular flexibility index (Phi) is 5.95. The van der Waals surface area contributed by atoms with E-state index in [4.69, 9.17) is 0 Å². The molecule has 0 amide bonds. The summed E-state index contributed by atoms with van der Waals surface area (Å²) in [6.45, 7) is 2.21. The van der Waals surface area contributed by atoms with E-state index in [1.165, 1.54) is 6.07 Å². The van der Waals surface area contributed by atoms with E-state index in [0.717, 1.165) is 18.7 Å². The maximum atomic E-state index is 13.3. The molecule has 1 heterocycles. The van der Waals surface area contributed by atoms with Crippen molar-refractivity contribution in [2.45, 2.75) is 12.6 Å². The second-order valence-electron chi connectivity index (χ2n) is 4.35. The van der Waals surface area contributed by atoms with Crippen molar-refractivity contribution in [3.8, 4) is 0 Å². The lowest BCUT2D eigenvalue weighted by Gasteiger charge is -2.14. The molecule has 3 nitrogen and oxygen atoms in total. The van der Waals surface area contributed by atoms with Crippen molar-refractivity contribution < 1.29 is 13.9 Å². The molecular formula is C12H17ClF2N2O. The van der Waals surface area contributed by atoms with Gasteiger partial charge in [0, 0.05) is 37.7 Å². The molecule has 1 aliphatic rings. The predicted octanol–water partition coefficient (Wildman–Crippen LogP) is 1.06. The van der Waals surface area contributed by atoms with Crippen molar-refractivity contribution in [2.24, 2.45) is 5.92 Å². The average molecular weight is 279 g/mol. The highest BCUT2D eigenvalue weighted by Gasteiger charge is 2.24. The third-order valence-electron chi connectivity index (χ3n) is 3.03. The maximum Gasteiger partial charge on any atom is 0.127 e. The summed E-state index contributed by atoms with van der Waals surface area (Å²) in [5.41, 5.74) is 0.311. The summed E-state index contributed by atoms with van der Waals surface area (Å²) in [6, 6.07) is 3.41. The number of aliphatic hydroxyl groups is 1. The van der Waals surface area contributed by atoms with Crippen LogP contribution in [-0.4, -0.2) is 30.8 Å². The van der Waals surface area contributed by atoms with Crippen molar-refractivity contribution >= 4 is 12.4 Å². The molecule has 1 saturated heterocycles. The molecule has 102 valence electrons. The lowest BCUT2D eigenvalue weighted by atomic mass is 10.1. The average Bonchev–Trinajstić information content (AvgIpc) is 2.70. The fourth-order valence-electron chi connectivity index (χ4n) is 2.00. The van der Waals surface area contributed by atoms with Crippen LogP contribution in [0.4, 0.5) is 8.78 Å². The molecule has 0 bridgehead atoms. The lowest BCUT2D eigenvalue weighted by molar-refractivity contribution is 0.146. The Morgan fingerprint density at radius 1 is 1.33 bits per heavy atom. The number of benzene rings is 1. The van der Waals surface area contributed by atoms with Crippen LogP contribution in [0.3, 0.4) is 0 Å². The van der Waals surface area contributed by atoms with Crippen LogP contribution in [0.25, 0.3) is 0 Å². The number of aliphatic hydroxyl groups excluding tert-OH is 1. The Balaban J connectivity index is 0.00000162. The van der Waals surface area contributed by atoms with E-state index in [-0.39, 0.29) is 31.0 Å². The largest absolute Gasteiger partial charge is 0.391 e. The van der Waals surface area contributed by atoms with E-state index in [1.807, 2.05) is 0 Å². The number of hydrogen-bond acceptors (Lipinski definition) is 3. The van der Waals surface area contributed by atoms with Gasteiger partial charge in [-0.05, 0) is 18.2 Å². The molecule has 18 heavy (non-hydrogen) atoms. The Morgan fingerprint density at radius 2 is 2.11 bits per heavy atom. The summed E-state index contributed by atoms with van der Waals surface area (Å²) < 4.78 is 26.2. The summed E-state index contributed by atoms with van der Waals surface area (Å²) in [5.74, 6) is -0.721. The molecule has 2 unspecified atom stereocenters. The number of hydrogen-bond donors (Lipinski definition) is 3. The van der Waals surface area contributed by atoms with Crippen molar-refractivity contribution in [1.29, 1.82) is 0 Å². The zero-order valence-electron chi connectivity index (χ0n) is 9.83. The van der Waals surface area contributed by atoms with E-state index >= 15 is 0 Å². The standard InChI is InChI=1S/C12H16F2N2O.ClH/c13-10-1-2-11(14)8(3-10)4-15-5-9-6-16-7-12(9)17;/h1-3,9,12,15-17H,4-7H2;1H. The first-order chi connectivity index (χ1) is 8.16. The van der Waals surface area contributed by atoms with E-state index in [1.54, 1.807) is 0 Å². The molecule has 1 fully saturated rings. The third kappa shape index (κ3) is 3.88. The quantitative estimate of drug-likeness (QED) is 0.772. The Morgan fingerprint density at radius 3 is 2.78 bits per heavy atom. The molecule has 3 N–H and O–H groups in total. The van der Waals surface area contributed by atoms with Crippen molar-refractivity contribution in [1.82, 2.24) is 10.6 Å². The minimum Gasteiger partial charge on any atom is -0.391 e. The molecule has 1 aromatic carbocycles. The number of β-amino-alcohol motifs (C(OH)–C–C–N with tert-alkyl or cyclic N) is 1. The van der Waals surface area contributed by atoms with Gasteiger partial charge in [-0.15, -0.1) is 12.4 Å². The second kappa shape index (κ2) is 6.99. The molecule has 2 atom stereocenters. The normalized spacial score (nSPS) is 22.8. The van der Waals surface area contributed by atoms with Gasteiger partial charge in [0.05, 0.1) is 6.10 Å². The van der Waals surface area contributed by atoms with Crippen LogP contribution >= 0.6 is 12.4 Å². The molecule has 0 spiro atoms. The van der Waals surface area contributed by atoms with Gasteiger partial charge in [0.25, 0.3) is 0 Å². The predicted molar refractivity (Wildman–Crippen MR) is 67.7 cm³/mol. The van der Waals surface area contributed by atoms with Gasteiger partial charge in [0.2, 0.25) is 0 Å². The third-order valence-corrected chi connectivity index (χ3v) is 3.03. The summed E-state index contributed by atoms with van der Waals surface area (Å²) in [6.07, 6.45) is -0.361. The van der Waals surface area contributed by atoms with Gasteiger partial charge in [-0.3, -0.25) is 0 Å². The van der Waals surface area contributed by atoms with Gasteiger partial charge >= 0.3 is 0 Å². The molecule has 0 aliphatic carbocycles. The zero-order valence-corrected chi connectivity index (χ0v) is 10.6. The van der Waals surface area contributed by atoms with Crippen LogP contribution < -0.4 is 10.6 Å². The van der Waals surface area contributed by atoms with E-state index < -0.39 is 11.6 Å². The second-order valence-corrected chi connectivity index (χ2v) is 4.35. The van der Waals surface area contributed by atoms with Crippen LogP contribution in [0, 0.1) is 17.6 Å². The van der Waals surface area contributed by atoms with Gasteiger partial charge in [-0.1, -0.05) is 0 Å². The zero-order chi connectivity index (χ0) is 12.3. The summed E-state index contributed by atoms with van der Waals surface area (Å²) in [7, 11) is 0. The monoisotopic (exact) mass is 278 g/mol. The van der Waals surface area contributed by atoms with Crippen LogP contribution in [-0.2, 0) is 6.54 Å². The van der Waals surface area contributed by atoms with Crippen molar-refractivity contribution in [2.75, 3.05) is 19.6 Å². The summed E-state index contributed by atoms with van der Waals surface area (Å²) >= 11 is 0. The molecule has 0 saturated carbocycles. The first-order valence-electron chi connectivity index (χ1n) is 5.70. The van der Waals surface area contributed by atoms with Gasteiger partial charge in [0.15, 0.2) is 0 Å². The number of rotatable bonds is 4. The first-order valence-corrected chi connectivity index (χ1v) is 5.70. The molecule has 2 rings (SSSR count). The van der Waals surface area contributed by atoms with Crippen LogP contribution in [0.5, 0.6) is 0 Å². The molecule has 0 aromatic heterocycles. The van der Waals surface area contributed by atoms with E-state index in [0.29, 0.717) is 18.7 Å². The smallest absolute Gasteiger partial charge is 0.127 e. The minimum atomic E-state index is -0.439. The van der Waals surface area contributed by atoms with E-state index in [9.17, 15) is 13.9 Å². The Hall–Kier alpha value is -0.750. The summed E-state index contributed by atoms with van der Waals surface area (Å²) in [5, 5.41) is 15.7. The first kappa shape index (κ1) is 15.3. The van der Waals surface area contributed by atoms with Crippen LogP contribution in [0.2, 0.25) is 0 Å². The Labute approximate surface area is 111 Å². The lowest BCUT2D eigenvalue weighted by Crippen LogP contribution is -2.30. The summed E-state index contributed by atoms with van der Waals surface area (Å²) in [4.78, 5) is 0. The van der Waals surface area contributed by atoms with Crippen LogP contribution in [0.1, 0.15) is 5.56 Å². The molecule has 1 aliphatic heterocycles. The topological polar surface area (TPSA) is 44.3 Å². The molecule has 6 heteroatoms. The number of halogens is 3. The molecule has 0 radical (unpaired) electrons. The van der Waals surface area contributed by atoms with Crippen molar-refractivity contribution in [3.63, 3.8) is 0 Å². The maximum absolute atomic E-state index is 13.3. The number of nitrogens with one attached hydrogen (secondary N) is 2. The minimum absolute atomic E-state index is 0.